The maximum absolute atomic E-state index is 10.6. The van der Waals surface area contributed by atoms with E-state index < -0.39 is 18.2 Å². The first-order chi connectivity index (χ1) is 5.92. The Morgan fingerprint density at radius 1 is 1.54 bits per heavy atom. The lowest BCUT2D eigenvalue weighted by molar-refractivity contribution is -0.169. The molecule has 0 spiro atoms. The van der Waals surface area contributed by atoms with E-state index in [1.54, 1.807) is 0 Å². The summed E-state index contributed by atoms with van der Waals surface area (Å²) in [6, 6.07) is 0. The van der Waals surface area contributed by atoms with Gasteiger partial charge in [-0.05, 0) is 19.3 Å². The Balaban J connectivity index is 3.92. The second-order valence-corrected chi connectivity index (χ2v) is 3.73. The summed E-state index contributed by atoms with van der Waals surface area (Å²) in [5.41, 5.74) is -1.45. The Labute approximate surface area is 78.5 Å². The van der Waals surface area contributed by atoms with Gasteiger partial charge in [0.25, 0.3) is 0 Å². The van der Waals surface area contributed by atoms with E-state index in [0.29, 0.717) is 12.5 Å². The molecule has 1 atom stereocenters. The lowest BCUT2D eigenvalue weighted by atomic mass is 10.1. The molecule has 0 aliphatic heterocycles. The number of carboxylic acids is 1. The molecule has 0 heterocycles. The summed E-state index contributed by atoms with van der Waals surface area (Å²) in [5.74, 6) is -0.657. The van der Waals surface area contributed by atoms with Crippen LogP contribution in [0.3, 0.4) is 0 Å². The van der Waals surface area contributed by atoms with Crippen LogP contribution in [0.25, 0.3) is 0 Å². The van der Waals surface area contributed by atoms with Gasteiger partial charge in [-0.2, -0.15) is 0 Å². The van der Waals surface area contributed by atoms with Crippen molar-refractivity contribution in [1.29, 1.82) is 0 Å². The van der Waals surface area contributed by atoms with Crippen LogP contribution in [-0.4, -0.2) is 35.0 Å². The van der Waals surface area contributed by atoms with Crippen molar-refractivity contribution in [3.8, 4) is 0 Å². The standard InChI is InChI=1S/C9H18O4/c1-7(2)4-5-13-9(3,6-10)8(11)12/h7,10H,4-6H2,1-3H3,(H,11,12). The maximum atomic E-state index is 10.6. The molecule has 0 amide bonds. The van der Waals surface area contributed by atoms with Gasteiger partial charge in [-0.3, -0.25) is 0 Å². The molecule has 1 unspecified atom stereocenters. The van der Waals surface area contributed by atoms with E-state index in [0.717, 1.165) is 6.42 Å². The average molecular weight is 190 g/mol. The normalized spacial score (nSPS) is 15.8. The third-order valence-corrected chi connectivity index (χ3v) is 1.87. The van der Waals surface area contributed by atoms with E-state index in [1.165, 1.54) is 6.92 Å². The Bertz CT molecular complexity index is 167. The van der Waals surface area contributed by atoms with Crippen LogP contribution in [0.4, 0.5) is 0 Å². The number of carboxylic acid groups (broad SMARTS) is 1. The highest BCUT2D eigenvalue weighted by molar-refractivity contribution is 5.77. The minimum atomic E-state index is -1.45. The van der Waals surface area contributed by atoms with Crippen molar-refractivity contribution in [2.75, 3.05) is 13.2 Å². The minimum Gasteiger partial charge on any atom is -0.479 e. The first-order valence-electron chi connectivity index (χ1n) is 4.40. The Kier molecular flexibility index (Phi) is 4.95. The molecule has 2 N–H and O–H groups in total. The summed E-state index contributed by atoms with van der Waals surface area (Å²) in [4.78, 5) is 10.6. The molecular weight excluding hydrogens is 172 g/mol. The summed E-state index contributed by atoms with van der Waals surface area (Å²) in [5, 5.41) is 17.5. The van der Waals surface area contributed by atoms with Gasteiger partial charge in [0.05, 0.1) is 6.61 Å². The fourth-order valence-electron chi connectivity index (χ4n) is 0.695. The van der Waals surface area contributed by atoms with E-state index >= 15 is 0 Å². The third-order valence-electron chi connectivity index (χ3n) is 1.87. The fourth-order valence-corrected chi connectivity index (χ4v) is 0.695. The van der Waals surface area contributed by atoms with Crippen LogP contribution in [-0.2, 0) is 9.53 Å². The molecule has 0 aromatic rings. The fraction of sp³-hybridized carbons (Fsp3) is 0.889. The molecule has 0 saturated heterocycles. The molecule has 0 radical (unpaired) electrons. The zero-order chi connectivity index (χ0) is 10.5. The molecule has 0 rings (SSSR count). The first-order valence-corrected chi connectivity index (χ1v) is 4.40. The predicted octanol–water partition coefficient (Wildman–Crippen LogP) is 0.885. The van der Waals surface area contributed by atoms with Crippen LogP contribution < -0.4 is 0 Å². The van der Waals surface area contributed by atoms with Crippen LogP contribution in [0, 0.1) is 5.92 Å². The summed E-state index contributed by atoms with van der Waals surface area (Å²) in [6.45, 7) is 5.29. The molecule has 0 fully saturated rings. The van der Waals surface area contributed by atoms with Gasteiger partial charge in [0, 0.05) is 6.61 Å². The van der Waals surface area contributed by atoms with E-state index in [-0.39, 0.29) is 0 Å². The van der Waals surface area contributed by atoms with Crippen molar-refractivity contribution in [2.45, 2.75) is 32.8 Å². The SMILES string of the molecule is CC(C)CCOC(C)(CO)C(=O)O. The first kappa shape index (κ1) is 12.4. The number of carbonyl (C=O) groups is 1. The molecule has 4 heteroatoms. The van der Waals surface area contributed by atoms with E-state index in [2.05, 4.69) is 0 Å². The average Bonchev–Trinajstić information content (AvgIpc) is 2.03. The van der Waals surface area contributed by atoms with Crippen LogP contribution in [0.5, 0.6) is 0 Å². The summed E-state index contributed by atoms with van der Waals surface area (Å²) in [7, 11) is 0. The monoisotopic (exact) mass is 190 g/mol. The molecule has 4 nitrogen and oxygen atoms in total. The Morgan fingerprint density at radius 3 is 2.38 bits per heavy atom. The number of aliphatic hydroxyl groups is 1. The predicted molar refractivity (Wildman–Crippen MR) is 48.5 cm³/mol. The second-order valence-electron chi connectivity index (χ2n) is 3.73. The number of rotatable bonds is 6. The van der Waals surface area contributed by atoms with Crippen molar-refractivity contribution < 1.29 is 19.7 Å². The molecule has 13 heavy (non-hydrogen) atoms. The van der Waals surface area contributed by atoms with Gasteiger partial charge in [0.2, 0.25) is 0 Å². The lowest BCUT2D eigenvalue weighted by Gasteiger charge is -2.23. The van der Waals surface area contributed by atoms with E-state index in [4.69, 9.17) is 14.9 Å². The topological polar surface area (TPSA) is 66.8 Å². The van der Waals surface area contributed by atoms with Gasteiger partial charge >= 0.3 is 5.97 Å². The van der Waals surface area contributed by atoms with Crippen molar-refractivity contribution in [1.82, 2.24) is 0 Å². The highest BCUT2D eigenvalue weighted by Crippen LogP contribution is 2.11. The molecular formula is C9H18O4. The van der Waals surface area contributed by atoms with Crippen molar-refractivity contribution in [2.24, 2.45) is 5.92 Å². The zero-order valence-corrected chi connectivity index (χ0v) is 8.41. The number of ether oxygens (including phenoxy) is 1. The zero-order valence-electron chi connectivity index (χ0n) is 8.41. The molecule has 0 aromatic heterocycles. The minimum absolute atomic E-state index is 0.362. The highest BCUT2D eigenvalue weighted by atomic mass is 16.5. The molecule has 0 bridgehead atoms. The van der Waals surface area contributed by atoms with Crippen molar-refractivity contribution >= 4 is 5.97 Å². The number of hydrogen-bond acceptors (Lipinski definition) is 3. The number of hydrogen-bond donors (Lipinski definition) is 2. The number of aliphatic hydroxyl groups excluding tert-OH is 1. The molecule has 0 aliphatic rings. The summed E-state index contributed by atoms with van der Waals surface area (Å²) < 4.78 is 5.10. The van der Waals surface area contributed by atoms with Crippen LogP contribution in [0.1, 0.15) is 27.2 Å². The van der Waals surface area contributed by atoms with Gasteiger partial charge in [-0.1, -0.05) is 13.8 Å². The number of aliphatic carboxylic acids is 1. The lowest BCUT2D eigenvalue weighted by Crippen LogP contribution is -2.42. The third kappa shape index (κ3) is 4.24. The van der Waals surface area contributed by atoms with Crippen LogP contribution in [0.2, 0.25) is 0 Å². The second kappa shape index (κ2) is 5.19. The van der Waals surface area contributed by atoms with Gasteiger partial charge < -0.3 is 14.9 Å². The van der Waals surface area contributed by atoms with Gasteiger partial charge in [-0.25, -0.2) is 4.79 Å². The largest absolute Gasteiger partial charge is 0.479 e. The van der Waals surface area contributed by atoms with E-state index in [9.17, 15) is 4.79 Å². The summed E-state index contributed by atoms with van der Waals surface area (Å²) >= 11 is 0. The smallest absolute Gasteiger partial charge is 0.338 e. The van der Waals surface area contributed by atoms with Gasteiger partial charge in [-0.15, -0.1) is 0 Å². The summed E-state index contributed by atoms with van der Waals surface area (Å²) in [6.07, 6.45) is 0.795. The quantitative estimate of drug-likeness (QED) is 0.652. The Morgan fingerprint density at radius 2 is 2.08 bits per heavy atom. The van der Waals surface area contributed by atoms with E-state index in [1.807, 2.05) is 13.8 Å². The molecule has 0 aliphatic carbocycles. The van der Waals surface area contributed by atoms with Crippen LogP contribution in [0.15, 0.2) is 0 Å². The maximum Gasteiger partial charge on any atom is 0.338 e. The van der Waals surface area contributed by atoms with Crippen molar-refractivity contribution in [3.63, 3.8) is 0 Å². The highest BCUT2D eigenvalue weighted by Gasteiger charge is 2.33. The van der Waals surface area contributed by atoms with Gasteiger partial charge in [0.15, 0.2) is 5.60 Å². The Hall–Kier alpha value is -0.610. The van der Waals surface area contributed by atoms with Gasteiger partial charge in [0.1, 0.15) is 0 Å². The van der Waals surface area contributed by atoms with Crippen molar-refractivity contribution in [3.05, 3.63) is 0 Å². The molecule has 0 aromatic carbocycles. The molecule has 78 valence electrons. The molecule has 0 saturated carbocycles. The van der Waals surface area contributed by atoms with Crippen LogP contribution >= 0.6 is 0 Å².